The topological polar surface area (TPSA) is 80.2 Å². The molecule has 0 unspecified atom stereocenters. The summed E-state index contributed by atoms with van der Waals surface area (Å²) in [7, 11) is 2.99. The minimum atomic E-state index is -0.724. The van der Waals surface area contributed by atoms with Gasteiger partial charge in [-0.2, -0.15) is 0 Å². The van der Waals surface area contributed by atoms with E-state index in [1.165, 1.54) is 7.11 Å². The number of amides is 1. The van der Waals surface area contributed by atoms with Crippen molar-refractivity contribution in [2.24, 2.45) is 16.8 Å². The summed E-state index contributed by atoms with van der Waals surface area (Å²) in [5, 5.41) is 3.05. The van der Waals surface area contributed by atoms with Crippen LogP contribution < -0.4 is 5.32 Å². The first-order valence-corrected chi connectivity index (χ1v) is 12.7. The molecule has 0 bridgehead atoms. The Morgan fingerprint density at radius 1 is 1.19 bits per heavy atom. The Balaban J connectivity index is 2.28. The molecule has 0 saturated heterocycles. The maximum atomic E-state index is 13.5. The molecule has 7 nitrogen and oxygen atoms in total. The van der Waals surface area contributed by atoms with Crippen LogP contribution in [0.25, 0.3) is 0 Å². The summed E-state index contributed by atoms with van der Waals surface area (Å²) in [6, 6.07) is 8.11. The quantitative estimate of drug-likeness (QED) is 0.124. The van der Waals surface area contributed by atoms with Crippen molar-refractivity contribution in [3.8, 4) is 11.8 Å². The van der Waals surface area contributed by atoms with Crippen LogP contribution in [0.15, 0.2) is 40.7 Å². The fraction of sp³-hybridized carbons (Fsp3) is 0.536. The van der Waals surface area contributed by atoms with E-state index in [0.29, 0.717) is 13.1 Å². The molecule has 0 spiro atoms. The van der Waals surface area contributed by atoms with E-state index in [2.05, 4.69) is 28.9 Å². The van der Waals surface area contributed by atoms with E-state index < -0.39 is 5.60 Å². The second-order valence-electron chi connectivity index (χ2n) is 9.57. The van der Waals surface area contributed by atoms with Crippen LogP contribution in [0.5, 0.6) is 0 Å². The number of aliphatic imine (C=N–C) groups is 1. The Morgan fingerprint density at radius 3 is 2.36 bits per heavy atom. The highest BCUT2D eigenvalue weighted by molar-refractivity contribution is 6.18. The van der Waals surface area contributed by atoms with Gasteiger partial charge in [-0.25, -0.2) is 0 Å². The van der Waals surface area contributed by atoms with Gasteiger partial charge < -0.3 is 19.7 Å². The molecule has 1 amide bonds. The van der Waals surface area contributed by atoms with Crippen molar-refractivity contribution in [1.29, 1.82) is 0 Å². The van der Waals surface area contributed by atoms with Gasteiger partial charge in [0, 0.05) is 20.2 Å². The number of hydrogen-bond donors (Lipinski definition) is 1. The number of ether oxygens (including phenoxy) is 2. The number of hydrogen-bond acceptors (Lipinski definition) is 6. The number of alkyl halides is 1. The van der Waals surface area contributed by atoms with Gasteiger partial charge >= 0.3 is 5.97 Å². The van der Waals surface area contributed by atoms with E-state index in [1.54, 1.807) is 12.0 Å². The highest BCUT2D eigenvalue weighted by Crippen LogP contribution is 2.29. The number of halogens is 1. The normalized spacial score (nSPS) is 18.3. The van der Waals surface area contributed by atoms with E-state index in [4.69, 9.17) is 21.1 Å². The summed E-state index contributed by atoms with van der Waals surface area (Å²) in [4.78, 5) is 31.2. The molecule has 0 radical (unpaired) electrons. The molecule has 36 heavy (non-hydrogen) atoms. The van der Waals surface area contributed by atoms with E-state index in [0.717, 1.165) is 36.8 Å². The molecular weight excluding hydrogens is 478 g/mol. The van der Waals surface area contributed by atoms with Gasteiger partial charge in [-0.3, -0.25) is 14.6 Å². The summed E-state index contributed by atoms with van der Waals surface area (Å²) in [6.07, 6.45) is 3.20. The molecule has 0 heterocycles. The zero-order chi connectivity index (χ0) is 26.7. The van der Waals surface area contributed by atoms with Crippen LogP contribution in [-0.4, -0.2) is 55.9 Å². The summed E-state index contributed by atoms with van der Waals surface area (Å²) in [5.74, 6) is 5.73. The second kappa shape index (κ2) is 14.1. The molecule has 1 aromatic carbocycles. The van der Waals surface area contributed by atoms with Gasteiger partial charge in [0.15, 0.2) is 0 Å². The summed E-state index contributed by atoms with van der Waals surface area (Å²) in [5.41, 5.74) is 1.93. The van der Waals surface area contributed by atoms with Crippen LogP contribution in [0.1, 0.15) is 50.7 Å². The van der Waals surface area contributed by atoms with Crippen molar-refractivity contribution in [3.05, 3.63) is 46.8 Å². The number of methoxy groups -OCH3 is 2. The maximum absolute atomic E-state index is 13.5. The molecule has 0 aliphatic heterocycles. The van der Waals surface area contributed by atoms with Gasteiger partial charge in [-0.15, -0.1) is 11.6 Å². The Morgan fingerprint density at radius 2 is 1.83 bits per heavy atom. The SMILES string of the molecule is C=N/C(C#CC(C)(C)OC)=C(/C(=O)NCC1CCC(C(=O)OC)CC1)N(CCl)Cc1ccc(C)cc1. The van der Waals surface area contributed by atoms with Gasteiger partial charge in [0.05, 0.1) is 19.0 Å². The minimum absolute atomic E-state index is 0.0605. The van der Waals surface area contributed by atoms with Gasteiger partial charge in [-0.1, -0.05) is 35.7 Å². The Labute approximate surface area is 220 Å². The molecule has 1 fully saturated rings. The number of carbonyl (C=O) groups excluding carboxylic acids is 2. The van der Waals surface area contributed by atoms with Crippen molar-refractivity contribution in [2.45, 2.75) is 58.6 Å². The summed E-state index contributed by atoms with van der Waals surface area (Å²) in [6.45, 7) is 10.2. The first-order chi connectivity index (χ1) is 17.1. The molecule has 1 aromatic rings. The van der Waals surface area contributed by atoms with Crippen molar-refractivity contribution < 1.29 is 19.1 Å². The largest absolute Gasteiger partial charge is 0.469 e. The Kier molecular flexibility index (Phi) is 11.5. The van der Waals surface area contributed by atoms with Crippen molar-refractivity contribution in [2.75, 3.05) is 26.8 Å². The molecule has 1 N–H and O–H groups in total. The molecule has 196 valence electrons. The van der Waals surface area contributed by atoms with E-state index in [-0.39, 0.29) is 41.1 Å². The average Bonchev–Trinajstić information content (AvgIpc) is 2.89. The van der Waals surface area contributed by atoms with E-state index in [9.17, 15) is 9.59 Å². The Bertz CT molecular complexity index is 1000. The third-order valence-corrected chi connectivity index (χ3v) is 6.77. The van der Waals surface area contributed by atoms with Crippen LogP contribution in [0.2, 0.25) is 0 Å². The molecule has 8 heteroatoms. The number of esters is 1. The molecule has 1 saturated carbocycles. The molecule has 2 rings (SSSR count). The minimum Gasteiger partial charge on any atom is -0.469 e. The van der Waals surface area contributed by atoms with E-state index in [1.807, 2.05) is 45.0 Å². The van der Waals surface area contributed by atoms with Crippen LogP contribution >= 0.6 is 11.6 Å². The average molecular weight is 516 g/mol. The van der Waals surface area contributed by atoms with Crippen LogP contribution in [0, 0.1) is 30.6 Å². The smallest absolute Gasteiger partial charge is 0.308 e. The van der Waals surface area contributed by atoms with Gasteiger partial charge in [0.25, 0.3) is 5.91 Å². The molecular formula is C28H38ClN3O4. The number of allylic oxidation sites excluding steroid dienone is 1. The van der Waals surface area contributed by atoms with Crippen LogP contribution in [0.3, 0.4) is 0 Å². The van der Waals surface area contributed by atoms with Crippen LogP contribution in [-0.2, 0) is 25.6 Å². The number of nitrogens with zero attached hydrogens (tertiary/aromatic N) is 2. The number of benzene rings is 1. The standard InChI is InChI=1S/C28H38ClN3O4/c1-20-7-9-22(10-8-20)18-32(19-29)25(24(30-4)15-16-28(2,3)36-6)26(33)31-17-21-11-13-23(14-12-21)27(34)35-5/h7-10,21,23H,4,11-14,17-19H2,1-3,5-6H3,(H,31,33)/b25-24-. The molecule has 0 atom stereocenters. The number of carbonyl (C=O) groups is 2. The lowest BCUT2D eigenvalue weighted by atomic mass is 9.82. The third kappa shape index (κ3) is 8.69. The zero-order valence-corrected chi connectivity index (χ0v) is 22.8. The van der Waals surface area contributed by atoms with Crippen molar-refractivity contribution in [3.63, 3.8) is 0 Å². The van der Waals surface area contributed by atoms with Gasteiger partial charge in [-0.05, 0) is 70.6 Å². The highest BCUT2D eigenvalue weighted by atomic mass is 35.5. The number of rotatable bonds is 10. The number of aryl methyl sites for hydroxylation is 1. The zero-order valence-electron chi connectivity index (χ0n) is 22.0. The molecule has 1 aliphatic carbocycles. The monoisotopic (exact) mass is 515 g/mol. The Hall–Kier alpha value is -2.82. The fourth-order valence-corrected chi connectivity index (χ4v) is 4.22. The van der Waals surface area contributed by atoms with Crippen LogP contribution in [0.4, 0.5) is 0 Å². The van der Waals surface area contributed by atoms with Gasteiger partial charge in [0.1, 0.15) is 17.0 Å². The van der Waals surface area contributed by atoms with E-state index >= 15 is 0 Å². The summed E-state index contributed by atoms with van der Waals surface area (Å²) < 4.78 is 10.3. The third-order valence-electron chi connectivity index (χ3n) is 6.48. The molecule has 1 aliphatic rings. The first-order valence-electron chi connectivity index (χ1n) is 12.2. The summed E-state index contributed by atoms with van der Waals surface area (Å²) >= 11 is 6.35. The highest BCUT2D eigenvalue weighted by Gasteiger charge is 2.28. The van der Waals surface area contributed by atoms with Crippen molar-refractivity contribution >= 4 is 30.2 Å². The predicted molar refractivity (Wildman–Crippen MR) is 143 cm³/mol. The maximum Gasteiger partial charge on any atom is 0.308 e. The lowest BCUT2D eigenvalue weighted by Crippen LogP contribution is -2.38. The number of nitrogens with one attached hydrogen (secondary N) is 1. The lowest BCUT2D eigenvalue weighted by Gasteiger charge is -2.28. The second-order valence-corrected chi connectivity index (χ2v) is 9.81. The van der Waals surface area contributed by atoms with Gasteiger partial charge in [0.2, 0.25) is 0 Å². The predicted octanol–water partition coefficient (Wildman–Crippen LogP) is 4.43. The lowest BCUT2D eigenvalue weighted by molar-refractivity contribution is -0.146. The molecule has 0 aromatic heterocycles. The first kappa shape index (κ1) is 29.4. The van der Waals surface area contributed by atoms with Crippen molar-refractivity contribution in [1.82, 2.24) is 10.2 Å². The fourth-order valence-electron chi connectivity index (χ4n) is 4.02.